The summed E-state index contributed by atoms with van der Waals surface area (Å²) in [4.78, 5) is 24.7. The van der Waals surface area contributed by atoms with Crippen molar-refractivity contribution in [2.24, 2.45) is 0 Å². The second kappa shape index (κ2) is 8.12. The number of aliphatic hydroxyl groups excluding tert-OH is 1. The number of rotatable bonds is 6. The number of nitrogens with one attached hydrogen (secondary N) is 1. The molecule has 0 unspecified atom stereocenters. The molecule has 1 aromatic carbocycles. The zero-order chi connectivity index (χ0) is 17.5. The van der Waals surface area contributed by atoms with E-state index >= 15 is 0 Å². The molecule has 1 amide bonds. The number of aromatic nitrogens is 3. The molecule has 0 bridgehead atoms. The Labute approximate surface area is 145 Å². The van der Waals surface area contributed by atoms with Crippen LogP contribution < -0.4 is 5.32 Å². The van der Waals surface area contributed by atoms with Crippen LogP contribution in [0.5, 0.6) is 0 Å². The maximum atomic E-state index is 12.3. The van der Waals surface area contributed by atoms with Crippen LogP contribution in [0.1, 0.15) is 15.9 Å². The van der Waals surface area contributed by atoms with Gasteiger partial charge in [0.2, 0.25) is 0 Å². The lowest BCUT2D eigenvalue weighted by Gasteiger charge is -2.16. The SMILES string of the molecule is O=C(N[C@H](CO)Cc1ccccc1)c1cnc(-c2ccncc2)nc1. The van der Waals surface area contributed by atoms with Gasteiger partial charge in [0.25, 0.3) is 5.91 Å². The summed E-state index contributed by atoms with van der Waals surface area (Å²) >= 11 is 0. The van der Waals surface area contributed by atoms with Crippen molar-refractivity contribution < 1.29 is 9.90 Å². The molecule has 25 heavy (non-hydrogen) atoms. The molecule has 2 N–H and O–H groups in total. The standard InChI is InChI=1S/C19H18N4O2/c24-13-17(10-14-4-2-1-3-5-14)23-19(25)16-11-21-18(22-12-16)15-6-8-20-9-7-15/h1-9,11-12,17,24H,10,13H2,(H,23,25)/t17-/m0/s1. The number of amides is 1. The second-order valence-electron chi connectivity index (χ2n) is 5.57. The topological polar surface area (TPSA) is 88.0 Å². The molecule has 3 rings (SSSR count). The number of nitrogens with zero attached hydrogens (tertiary/aromatic N) is 3. The molecular weight excluding hydrogens is 316 g/mol. The lowest BCUT2D eigenvalue weighted by molar-refractivity contribution is 0.0916. The Balaban J connectivity index is 1.66. The van der Waals surface area contributed by atoms with Crippen LogP contribution >= 0.6 is 0 Å². The van der Waals surface area contributed by atoms with Crippen LogP contribution in [-0.4, -0.2) is 38.6 Å². The van der Waals surface area contributed by atoms with E-state index in [4.69, 9.17) is 0 Å². The zero-order valence-electron chi connectivity index (χ0n) is 13.5. The summed E-state index contributed by atoms with van der Waals surface area (Å²) in [6.45, 7) is -0.142. The summed E-state index contributed by atoms with van der Waals surface area (Å²) in [5.74, 6) is 0.221. The van der Waals surface area contributed by atoms with Crippen LogP contribution in [-0.2, 0) is 6.42 Å². The Morgan fingerprint density at radius 2 is 1.72 bits per heavy atom. The van der Waals surface area contributed by atoms with Gasteiger partial charge in [0.15, 0.2) is 5.82 Å². The number of benzene rings is 1. The smallest absolute Gasteiger partial charge is 0.254 e. The van der Waals surface area contributed by atoms with Crippen molar-refractivity contribution in [3.05, 3.63) is 78.4 Å². The normalized spacial score (nSPS) is 11.7. The highest BCUT2D eigenvalue weighted by molar-refractivity contribution is 5.93. The first kappa shape index (κ1) is 16.7. The van der Waals surface area contributed by atoms with E-state index < -0.39 is 0 Å². The molecular formula is C19H18N4O2. The maximum absolute atomic E-state index is 12.3. The molecule has 0 aliphatic heterocycles. The van der Waals surface area contributed by atoms with Crippen LogP contribution in [0.4, 0.5) is 0 Å². The predicted octanol–water partition coefficient (Wildman–Crippen LogP) is 1.87. The molecule has 6 heteroatoms. The molecule has 6 nitrogen and oxygen atoms in total. The fourth-order valence-corrected chi connectivity index (χ4v) is 2.42. The monoisotopic (exact) mass is 334 g/mol. The zero-order valence-corrected chi connectivity index (χ0v) is 13.5. The summed E-state index contributed by atoms with van der Waals surface area (Å²) in [7, 11) is 0. The number of pyridine rings is 1. The molecule has 2 heterocycles. The quantitative estimate of drug-likeness (QED) is 0.718. The molecule has 0 aliphatic rings. The summed E-state index contributed by atoms with van der Waals surface area (Å²) in [5, 5.41) is 12.3. The molecule has 126 valence electrons. The van der Waals surface area contributed by atoms with Crippen molar-refractivity contribution in [3.63, 3.8) is 0 Å². The Morgan fingerprint density at radius 3 is 2.36 bits per heavy atom. The van der Waals surface area contributed by atoms with Crippen molar-refractivity contribution in [1.82, 2.24) is 20.3 Å². The maximum Gasteiger partial charge on any atom is 0.254 e. The Kier molecular flexibility index (Phi) is 5.43. The highest BCUT2D eigenvalue weighted by Gasteiger charge is 2.14. The van der Waals surface area contributed by atoms with E-state index in [1.807, 2.05) is 30.3 Å². The molecule has 3 aromatic rings. The van der Waals surface area contributed by atoms with E-state index in [1.165, 1.54) is 12.4 Å². The van der Waals surface area contributed by atoms with Gasteiger partial charge in [-0.25, -0.2) is 9.97 Å². The molecule has 0 spiro atoms. The molecule has 2 aromatic heterocycles. The fraction of sp³-hybridized carbons (Fsp3) is 0.158. The third-order valence-electron chi connectivity index (χ3n) is 3.73. The summed E-state index contributed by atoms with van der Waals surface area (Å²) in [6.07, 6.45) is 6.84. The highest BCUT2D eigenvalue weighted by atomic mass is 16.3. The number of hydrogen-bond donors (Lipinski definition) is 2. The number of carbonyl (C=O) groups is 1. The summed E-state index contributed by atoms with van der Waals surface area (Å²) < 4.78 is 0. The first-order valence-electron chi connectivity index (χ1n) is 7.94. The average molecular weight is 334 g/mol. The molecule has 0 radical (unpaired) electrons. The fourth-order valence-electron chi connectivity index (χ4n) is 2.42. The molecule has 0 saturated carbocycles. The summed E-state index contributed by atoms with van der Waals surface area (Å²) in [5.41, 5.74) is 2.23. The van der Waals surface area contributed by atoms with E-state index in [0.29, 0.717) is 17.8 Å². The molecule has 0 aliphatic carbocycles. The van der Waals surface area contributed by atoms with E-state index in [1.54, 1.807) is 24.5 Å². The molecule has 0 saturated heterocycles. The molecule has 0 fully saturated rings. The van der Waals surface area contributed by atoms with Crippen molar-refractivity contribution in [2.45, 2.75) is 12.5 Å². The first-order valence-corrected chi connectivity index (χ1v) is 7.94. The molecule has 1 atom stereocenters. The minimum atomic E-state index is -0.366. The van der Waals surface area contributed by atoms with Crippen LogP contribution in [0.25, 0.3) is 11.4 Å². The van der Waals surface area contributed by atoms with Gasteiger partial charge in [-0.1, -0.05) is 30.3 Å². The van der Waals surface area contributed by atoms with Gasteiger partial charge in [0.1, 0.15) is 0 Å². The minimum Gasteiger partial charge on any atom is -0.394 e. The van der Waals surface area contributed by atoms with Crippen molar-refractivity contribution in [2.75, 3.05) is 6.61 Å². The number of aliphatic hydroxyl groups is 1. The third-order valence-corrected chi connectivity index (χ3v) is 3.73. The lowest BCUT2D eigenvalue weighted by atomic mass is 10.1. The third kappa shape index (κ3) is 4.45. The van der Waals surface area contributed by atoms with Crippen LogP contribution in [0.15, 0.2) is 67.3 Å². The Morgan fingerprint density at radius 1 is 1.04 bits per heavy atom. The van der Waals surface area contributed by atoms with E-state index in [2.05, 4.69) is 20.3 Å². The largest absolute Gasteiger partial charge is 0.394 e. The minimum absolute atomic E-state index is 0.142. The van der Waals surface area contributed by atoms with Gasteiger partial charge in [-0.15, -0.1) is 0 Å². The van der Waals surface area contributed by atoms with Crippen LogP contribution in [0, 0.1) is 0 Å². The lowest BCUT2D eigenvalue weighted by Crippen LogP contribution is -2.39. The number of hydrogen-bond acceptors (Lipinski definition) is 5. The van der Waals surface area contributed by atoms with E-state index in [-0.39, 0.29) is 18.6 Å². The van der Waals surface area contributed by atoms with Gasteiger partial charge in [-0.05, 0) is 24.1 Å². The van der Waals surface area contributed by atoms with Crippen LogP contribution in [0.2, 0.25) is 0 Å². The van der Waals surface area contributed by atoms with Crippen LogP contribution in [0.3, 0.4) is 0 Å². The van der Waals surface area contributed by atoms with Gasteiger partial charge in [-0.3, -0.25) is 9.78 Å². The Bertz CT molecular complexity index is 808. The van der Waals surface area contributed by atoms with Crippen molar-refractivity contribution >= 4 is 5.91 Å². The van der Waals surface area contributed by atoms with Gasteiger partial charge in [0, 0.05) is 30.4 Å². The van der Waals surface area contributed by atoms with Gasteiger partial charge < -0.3 is 10.4 Å². The number of carbonyl (C=O) groups excluding carboxylic acids is 1. The van der Waals surface area contributed by atoms with Crippen molar-refractivity contribution in [3.8, 4) is 11.4 Å². The van der Waals surface area contributed by atoms with Crippen molar-refractivity contribution in [1.29, 1.82) is 0 Å². The second-order valence-corrected chi connectivity index (χ2v) is 5.57. The van der Waals surface area contributed by atoms with Gasteiger partial charge in [0.05, 0.1) is 18.2 Å². The van der Waals surface area contributed by atoms with Gasteiger partial charge >= 0.3 is 0 Å². The average Bonchev–Trinajstić information content (AvgIpc) is 2.69. The summed E-state index contributed by atoms with van der Waals surface area (Å²) in [6, 6.07) is 12.9. The first-order chi connectivity index (χ1) is 12.3. The Hall–Kier alpha value is -3.12. The van der Waals surface area contributed by atoms with E-state index in [9.17, 15) is 9.90 Å². The van der Waals surface area contributed by atoms with E-state index in [0.717, 1.165) is 11.1 Å². The van der Waals surface area contributed by atoms with Gasteiger partial charge in [-0.2, -0.15) is 0 Å². The highest BCUT2D eigenvalue weighted by Crippen LogP contribution is 2.12. The predicted molar refractivity (Wildman–Crippen MR) is 93.7 cm³/mol.